The van der Waals surface area contributed by atoms with Gasteiger partial charge in [0.25, 0.3) is 0 Å². The average Bonchev–Trinajstić information content (AvgIpc) is 2.40. The lowest BCUT2D eigenvalue weighted by Crippen LogP contribution is -2.47. The Labute approximate surface area is 112 Å². The zero-order valence-electron chi connectivity index (χ0n) is 10.2. The maximum absolute atomic E-state index is 8.90. The van der Waals surface area contributed by atoms with Gasteiger partial charge in [0, 0.05) is 32.7 Å². The number of hydrogen-bond acceptors (Lipinski definition) is 5. The van der Waals surface area contributed by atoms with Crippen LogP contribution in [0.2, 0.25) is 0 Å². The monoisotopic (exact) mass is 266 g/mol. The van der Waals surface area contributed by atoms with E-state index in [0.717, 1.165) is 38.5 Å². The Morgan fingerprint density at radius 2 is 2.06 bits per heavy atom. The molecule has 2 heterocycles. The molecule has 1 fully saturated rings. The Kier molecular flexibility index (Phi) is 4.46. The number of rotatable bonds is 4. The second kappa shape index (κ2) is 6.08. The van der Waals surface area contributed by atoms with Crippen molar-refractivity contribution in [2.24, 2.45) is 5.73 Å². The van der Waals surface area contributed by atoms with Gasteiger partial charge >= 0.3 is 0 Å². The van der Waals surface area contributed by atoms with E-state index in [0.29, 0.717) is 10.7 Å². The highest BCUT2D eigenvalue weighted by molar-refractivity contribution is 7.80. The van der Waals surface area contributed by atoms with Gasteiger partial charge in [-0.2, -0.15) is 0 Å². The second-order valence-electron chi connectivity index (χ2n) is 4.30. The van der Waals surface area contributed by atoms with E-state index in [4.69, 9.17) is 23.1 Å². The topological polar surface area (TPSA) is 65.6 Å². The molecule has 0 bridgehead atoms. The summed E-state index contributed by atoms with van der Waals surface area (Å²) in [6.45, 7) is 4.67. The van der Waals surface area contributed by atoms with Gasteiger partial charge in [0.1, 0.15) is 10.8 Å². The first kappa shape index (κ1) is 13.2. The van der Waals surface area contributed by atoms with Crippen molar-refractivity contribution in [1.29, 1.82) is 0 Å². The SMILES string of the molecule is NC(=S)c1cccc(N2CCN(CCO)CC2)n1. The quantitative estimate of drug-likeness (QED) is 0.738. The zero-order valence-corrected chi connectivity index (χ0v) is 11.1. The number of aliphatic hydroxyl groups is 1. The van der Waals surface area contributed by atoms with Crippen LogP contribution in [-0.4, -0.2) is 59.3 Å². The standard InChI is InChI=1S/C12H18N4OS/c13-12(18)10-2-1-3-11(14-10)16-6-4-15(5-7-16)8-9-17/h1-3,17H,4-9H2,(H2,13,18). The highest BCUT2D eigenvalue weighted by atomic mass is 32.1. The molecular weight excluding hydrogens is 248 g/mol. The Balaban J connectivity index is 2.01. The molecule has 1 aromatic heterocycles. The minimum atomic E-state index is 0.217. The van der Waals surface area contributed by atoms with Crippen LogP contribution in [0, 0.1) is 0 Å². The summed E-state index contributed by atoms with van der Waals surface area (Å²) in [5.41, 5.74) is 6.26. The van der Waals surface area contributed by atoms with Crippen molar-refractivity contribution in [2.45, 2.75) is 0 Å². The van der Waals surface area contributed by atoms with Crippen LogP contribution in [0.4, 0.5) is 5.82 Å². The van der Waals surface area contributed by atoms with Crippen molar-refractivity contribution in [1.82, 2.24) is 9.88 Å². The third-order valence-electron chi connectivity index (χ3n) is 3.10. The van der Waals surface area contributed by atoms with E-state index in [-0.39, 0.29) is 6.61 Å². The highest BCUT2D eigenvalue weighted by Crippen LogP contribution is 2.14. The van der Waals surface area contributed by atoms with E-state index in [1.54, 1.807) is 0 Å². The van der Waals surface area contributed by atoms with Gasteiger partial charge in [0.2, 0.25) is 0 Å². The fourth-order valence-corrected chi connectivity index (χ4v) is 2.19. The summed E-state index contributed by atoms with van der Waals surface area (Å²) in [4.78, 5) is 9.25. The smallest absolute Gasteiger partial charge is 0.129 e. The van der Waals surface area contributed by atoms with Crippen molar-refractivity contribution < 1.29 is 5.11 Å². The number of thiocarbonyl (C=S) groups is 1. The van der Waals surface area contributed by atoms with Gasteiger partial charge in [-0.25, -0.2) is 4.98 Å². The van der Waals surface area contributed by atoms with E-state index >= 15 is 0 Å². The van der Waals surface area contributed by atoms with E-state index < -0.39 is 0 Å². The maximum Gasteiger partial charge on any atom is 0.129 e. The predicted octanol–water partition coefficient (Wildman–Crippen LogP) is -0.170. The number of aliphatic hydroxyl groups excluding tert-OH is 1. The number of hydrogen-bond donors (Lipinski definition) is 2. The molecule has 0 amide bonds. The molecule has 2 rings (SSSR count). The summed E-state index contributed by atoms with van der Waals surface area (Å²) in [5.74, 6) is 0.920. The molecule has 1 aliphatic rings. The number of aromatic nitrogens is 1. The molecule has 0 unspecified atom stereocenters. The Morgan fingerprint density at radius 1 is 1.33 bits per heavy atom. The van der Waals surface area contributed by atoms with Crippen LogP contribution in [0.3, 0.4) is 0 Å². The summed E-state index contributed by atoms with van der Waals surface area (Å²) in [5, 5.41) is 8.90. The normalized spacial score (nSPS) is 16.8. The fraction of sp³-hybridized carbons (Fsp3) is 0.500. The van der Waals surface area contributed by atoms with Crippen molar-refractivity contribution in [3.05, 3.63) is 23.9 Å². The molecule has 0 radical (unpaired) electrons. The summed E-state index contributed by atoms with van der Waals surface area (Å²) >= 11 is 4.94. The Hall–Kier alpha value is -1.24. The van der Waals surface area contributed by atoms with Crippen molar-refractivity contribution in [3.8, 4) is 0 Å². The molecule has 3 N–H and O–H groups in total. The van der Waals surface area contributed by atoms with E-state index in [9.17, 15) is 0 Å². The van der Waals surface area contributed by atoms with Crippen LogP contribution in [0.1, 0.15) is 5.69 Å². The first-order chi connectivity index (χ1) is 8.70. The molecule has 0 aliphatic carbocycles. The van der Waals surface area contributed by atoms with Gasteiger partial charge < -0.3 is 15.7 Å². The van der Waals surface area contributed by atoms with Crippen molar-refractivity contribution >= 4 is 23.0 Å². The third kappa shape index (κ3) is 3.16. The first-order valence-corrected chi connectivity index (χ1v) is 6.46. The molecule has 1 aromatic rings. The molecule has 1 aliphatic heterocycles. The number of nitrogens with zero attached hydrogens (tertiary/aromatic N) is 3. The maximum atomic E-state index is 8.90. The van der Waals surface area contributed by atoms with Crippen LogP contribution in [0.5, 0.6) is 0 Å². The molecule has 18 heavy (non-hydrogen) atoms. The number of β-amino-alcohol motifs (C(OH)–C–C–N with tert-alkyl or cyclic N) is 1. The van der Waals surface area contributed by atoms with Crippen LogP contribution < -0.4 is 10.6 Å². The molecule has 6 heteroatoms. The van der Waals surface area contributed by atoms with Crippen LogP contribution >= 0.6 is 12.2 Å². The number of anilines is 1. The minimum absolute atomic E-state index is 0.217. The molecule has 0 aromatic carbocycles. The average molecular weight is 266 g/mol. The molecule has 1 saturated heterocycles. The van der Waals surface area contributed by atoms with E-state index in [1.165, 1.54) is 0 Å². The van der Waals surface area contributed by atoms with Crippen LogP contribution in [0.15, 0.2) is 18.2 Å². The van der Waals surface area contributed by atoms with Gasteiger partial charge in [0.05, 0.1) is 12.3 Å². The van der Waals surface area contributed by atoms with Gasteiger partial charge in [-0.05, 0) is 12.1 Å². The molecule has 0 spiro atoms. The summed E-state index contributed by atoms with van der Waals surface area (Å²) < 4.78 is 0. The summed E-state index contributed by atoms with van der Waals surface area (Å²) in [6.07, 6.45) is 0. The largest absolute Gasteiger partial charge is 0.395 e. The molecule has 98 valence electrons. The van der Waals surface area contributed by atoms with Gasteiger partial charge in [0.15, 0.2) is 0 Å². The number of pyridine rings is 1. The lowest BCUT2D eigenvalue weighted by Gasteiger charge is -2.35. The predicted molar refractivity (Wildman–Crippen MR) is 75.9 cm³/mol. The summed E-state index contributed by atoms with van der Waals surface area (Å²) in [6, 6.07) is 5.73. The second-order valence-corrected chi connectivity index (χ2v) is 4.74. The Morgan fingerprint density at radius 3 is 2.67 bits per heavy atom. The van der Waals surface area contributed by atoms with Gasteiger partial charge in [-0.3, -0.25) is 4.90 Å². The number of nitrogens with two attached hydrogens (primary N) is 1. The zero-order chi connectivity index (χ0) is 13.0. The molecular formula is C12H18N4OS. The first-order valence-electron chi connectivity index (χ1n) is 6.06. The molecule has 0 atom stereocenters. The van der Waals surface area contributed by atoms with Crippen molar-refractivity contribution in [2.75, 3.05) is 44.2 Å². The highest BCUT2D eigenvalue weighted by Gasteiger charge is 2.17. The van der Waals surface area contributed by atoms with Crippen LogP contribution in [-0.2, 0) is 0 Å². The van der Waals surface area contributed by atoms with Crippen molar-refractivity contribution in [3.63, 3.8) is 0 Å². The molecule has 0 saturated carbocycles. The lowest BCUT2D eigenvalue weighted by atomic mass is 10.3. The van der Waals surface area contributed by atoms with E-state index in [2.05, 4.69) is 14.8 Å². The van der Waals surface area contributed by atoms with Gasteiger partial charge in [-0.1, -0.05) is 18.3 Å². The third-order valence-corrected chi connectivity index (χ3v) is 3.31. The van der Waals surface area contributed by atoms with E-state index in [1.807, 2.05) is 18.2 Å². The lowest BCUT2D eigenvalue weighted by molar-refractivity contribution is 0.188. The fourth-order valence-electron chi connectivity index (χ4n) is 2.08. The molecule has 5 nitrogen and oxygen atoms in total. The summed E-state index contributed by atoms with van der Waals surface area (Å²) in [7, 11) is 0. The van der Waals surface area contributed by atoms with Crippen LogP contribution in [0.25, 0.3) is 0 Å². The Bertz CT molecular complexity index is 418. The number of piperazine rings is 1. The minimum Gasteiger partial charge on any atom is -0.395 e. The van der Waals surface area contributed by atoms with Gasteiger partial charge in [-0.15, -0.1) is 0 Å².